The van der Waals surface area contributed by atoms with Crippen LogP contribution in [0.2, 0.25) is 0 Å². The maximum absolute atomic E-state index is 13.8. The van der Waals surface area contributed by atoms with E-state index in [0.717, 1.165) is 45.7 Å². The van der Waals surface area contributed by atoms with Crippen LogP contribution in [0.1, 0.15) is 86.1 Å². The maximum Gasteiger partial charge on any atom is 0.389 e. The highest BCUT2D eigenvalue weighted by atomic mass is 32.2. The molecule has 1 aliphatic rings. The fourth-order valence-electron chi connectivity index (χ4n) is 6.07. The second-order valence-corrected chi connectivity index (χ2v) is 14.3. The van der Waals surface area contributed by atoms with E-state index in [1.54, 1.807) is 30.3 Å². The Balaban J connectivity index is 1.52. The van der Waals surface area contributed by atoms with E-state index >= 15 is 0 Å². The summed E-state index contributed by atoms with van der Waals surface area (Å²) in [6.45, 7) is 8.55. The average Bonchev–Trinajstić information content (AvgIpc) is 2.97. The third kappa shape index (κ3) is 8.34. The molecule has 0 bridgehead atoms. The normalized spacial score (nSPS) is 17.7. The van der Waals surface area contributed by atoms with Gasteiger partial charge >= 0.3 is 6.18 Å². The molecule has 0 aliphatic carbocycles. The molecule has 4 rings (SSSR count). The van der Waals surface area contributed by atoms with Crippen LogP contribution >= 0.6 is 0 Å². The highest BCUT2D eigenvalue weighted by Gasteiger charge is 2.40. The van der Waals surface area contributed by atoms with E-state index in [1.165, 1.54) is 0 Å². The molecule has 4 nitrogen and oxygen atoms in total. The molecular weight excluding hydrogens is 573 g/mol. The predicted molar refractivity (Wildman–Crippen MR) is 165 cm³/mol. The number of alkyl halides is 3. The second-order valence-electron chi connectivity index (χ2n) is 12.1. The zero-order valence-electron chi connectivity index (χ0n) is 25.6. The average molecular weight is 617 g/mol. The van der Waals surface area contributed by atoms with Crippen molar-refractivity contribution in [1.82, 2.24) is 0 Å². The molecule has 1 unspecified atom stereocenters. The van der Waals surface area contributed by atoms with Crippen LogP contribution in [0.15, 0.2) is 65.6 Å². The molecule has 0 spiro atoms. The van der Waals surface area contributed by atoms with Crippen LogP contribution in [0.5, 0.6) is 11.5 Å². The van der Waals surface area contributed by atoms with E-state index in [2.05, 4.69) is 6.92 Å². The minimum Gasteiger partial charge on any atom is -0.488 e. The summed E-state index contributed by atoms with van der Waals surface area (Å²) in [5.41, 5.74) is 4.50. The van der Waals surface area contributed by atoms with Crippen molar-refractivity contribution in [2.75, 3.05) is 0 Å². The number of unbranched alkanes of at least 4 members (excludes halogenated alkanes) is 3. The van der Waals surface area contributed by atoms with Gasteiger partial charge in [-0.05, 0) is 87.8 Å². The van der Waals surface area contributed by atoms with Gasteiger partial charge in [-0.2, -0.15) is 13.2 Å². The van der Waals surface area contributed by atoms with E-state index < -0.39 is 33.3 Å². The number of rotatable bonds is 13. The van der Waals surface area contributed by atoms with E-state index in [9.17, 15) is 21.6 Å². The van der Waals surface area contributed by atoms with Gasteiger partial charge in [0.25, 0.3) is 0 Å². The van der Waals surface area contributed by atoms with Gasteiger partial charge in [0.2, 0.25) is 0 Å². The lowest BCUT2D eigenvalue weighted by Crippen LogP contribution is -2.42. The van der Waals surface area contributed by atoms with Crippen LogP contribution < -0.4 is 9.47 Å². The lowest BCUT2D eigenvalue weighted by Gasteiger charge is -2.40. The minimum absolute atomic E-state index is 0.0617. The van der Waals surface area contributed by atoms with Gasteiger partial charge in [0, 0.05) is 18.4 Å². The summed E-state index contributed by atoms with van der Waals surface area (Å²) >= 11 is 0. The summed E-state index contributed by atoms with van der Waals surface area (Å²) in [4.78, 5) is 0.264. The SMILES string of the molecule is Cc1c(C)c2c(c(C)c1OCc1ccccc1)CC[C@@](C)(CC(CCCCCCC(F)(F)F)S(=O)(=O)c1ccccc1)O2. The lowest BCUT2D eigenvalue weighted by molar-refractivity contribution is -0.135. The number of hydrogen-bond acceptors (Lipinski definition) is 4. The highest BCUT2D eigenvalue weighted by molar-refractivity contribution is 7.92. The zero-order chi connectivity index (χ0) is 31.3. The van der Waals surface area contributed by atoms with Crippen LogP contribution in [-0.4, -0.2) is 25.4 Å². The summed E-state index contributed by atoms with van der Waals surface area (Å²) in [6, 6.07) is 18.5. The minimum atomic E-state index is -4.16. The molecule has 0 saturated carbocycles. The van der Waals surface area contributed by atoms with Crippen molar-refractivity contribution in [2.45, 2.75) is 114 Å². The summed E-state index contributed by atoms with van der Waals surface area (Å²) in [6.07, 6.45) is -1.33. The molecule has 43 heavy (non-hydrogen) atoms. The maximum atomic E-state index is 13.8. The first kappa shape index (κ1) is 32.9. The molecule has 0 radical (unpaired) electrons. The molecule has 0 aromatic heterocycles. The standard InChI is InChI=1S/C35H43F3O4S/c1-25-26(2)33-31(27(3)32(25)41-24-28-15-9-7-10-16-28)20-22-34(4,42-33)23-30(19-11-5-6-14-21-35(36,37)38)43(39,40)29-17-12-8-13-18-29/h7-10,12-13,15-18,30H,5-6,11,14,19-24H2,1-4H3/t30?,34-/m0/s1. The molecule has 0 N–H and O–H groups in total. The molecule has 0 fully saturated rings. The summed E-state index contributed by atoms with van der Waals surface area (Å²) in [5, 5.41) is -0.708. The number of ether oxygens (including phenoxy) is 2. The Morgan fingerprint density at radius 1 is 0.884 bits per heavy atom. The fourth-order valence-corrected chi connectivity index (χ4v) is 8.04. The van der Waals surface area contributed by atoms with E-state index in [4.69, 9.17) is 9.47 Å². The van der Waals surface area contributed by atoms with Crippen molar-refractivity contribution in [2.24, 2.45) is 0 Å². The predicted octanol–water partition coefficient (Wildman–Crippen LogP) is 9.41. The van der Waals surface area contributed by atoms with Gasteiger partial charge in [0.05, 0.1) is 10.1 Å². The largest absolute Gasteiger partial charge is 0.488 e. The molecule has 8 heteroatoms. The van der Waals surface area contributed by atoms with Crippen LogP contribution in [0.25, 0.3) is 0 Å². The number of benzene rings is 3. The molecule has 3 aromatic rings. The molecule has 234 valence electrons. The van der Waals surface area contributed by atoms with Gasteiger partial charge in [-0.15, -0.1) is 0 Å². The van der Waals surface area contributed by atoms with Crippen molar-refractivity contribution < 1.29 is 31.1 Å². The first-order chi connectivity index (χ1) is 20.3. The topological polar surface area (TPSA) is 52.6 Å². The number of fused-ring (bicyclic) bond motifs is 1. The van der Waals surface area contributed by atoms with Crippen molar-refractivity contribution >= 4 is 9.84 Å². The smallest absolute Gasteiger partial charge is 0.389 e. The van der Waals surface area contributed by atoms with Crippen LogP contribution in [0.4, 0.5) is 13.2 Å². The van der Waals surface area contributed by atoms with Gasteiger partial charge in [-0.3, -0.25) is 0 Å². The van der Waals surface area contributed by atoms with Crippen LogP contribution in [-0.2, 0) is 22.9 Å². The second kappa shape index (κ2) is 13.7. The summed E-state index contributed by atoms with van der Waals surface area (Å²) < 4.78 is 78.4. The Morgan fingerprint density at radius 2 is 1.51 bits per heavy atom. The van der Waals surface area contributed by atoms with Gasteiger partial charge in [0.15, 0.2) is 9.84 Å². The van der Waals surface area contributed by atoms with E-state index in [0.29, 0.717) is 45.1 Å². The Kier molecular flexibility index (Phi) is 10.5. The van der Waals surface area contributed by atoms with E-state index in [1.807, 2.05) is 51.1 Å². The van der Waals surface area contributed by atoms with Gasteiger partial charge in [-0.25, -0.2) is 8.42 Å². The number of sulfone groups is 1. The first-order valence-corrected chi connectivity index (χ1v) is 16.7. The zero-order valence-corrected chi connectivity index (χ0v) is 26.4. The van der Waals surface area contributed by atoms with Crippen molar-refractivity contribution in [3.8, 4) is 11.5 Å². The summed E-state index contributed by atoms with van der Waals surface area (Å²) in [5.74, 6) is 1.67. The van der Waals surface area contributed by atoms with Crippen LogP contribution in [0.3, 0.4) is 0 Å². The number of hydrogen-bond donors (Lipinski definition) is 0. The lowest BCUT2D eigenvalue weighted by atomic mass is 9.84. The quantitative estimate of drug-likeness (QED) is 0.180. The Hall–Kier alpha value is -3.00. The molecule has 3 aromatic carbocycles. The molecule has 0 saturated heterocycles. The third-order valence-corrected chi connectivity index (χ3v) is 10.9. The third-order valence-electron chi connectivity index (χ3n) is 8.70. The van der Waals surface area contributed by atoms with Crippen molar-refractivity contribution in [3.63, 3.8) is 0 Å². The fraction of sp³-hybridized carbons (Fsp3) is 0.486. The highest BCUT2D eigenvalue weighted by Crippen LogP contribution is 2.46. The van der Waals surface area contributed by atoms with Crippen molar-refractivity contribution in [3.05, 3.63) is 88.5 Å². The summed E-state index contributed by atoms with van der Waals surface area (Å²) in [7, 11) is -3.68. The van der Waals surface area contributed by atoms with Gasteiger partial charge in [-0.1, -0.05) is 67.8 Å². The molecule has 1 heterocycles. The van der Waals surface area contributed by atoms with Gasteiger partial charge in [0.1, 0.15) is 23.7 Å². The van der Waals surface area contributed by atoms with Gasteiger partial charge < -0.3 is 9.47 Å². The first-order valence-electron chi connectivity index (χ1n) is 15.1. The van der Waals surface area contributed by atoms with Crippen molar-refractivity contribution in [1.29, 1.82) is 0 Å². The molecule has 1 aliphatic heterocycles. The molecule has 0 amide bonds. The van der Waals surface area contributed by atoms with E-state index in [-0.39, 0.29) is 11.3 Å². The molecule has 2 atom stereocenters. The Bertz CT molecular complexity index is 1470. The monoisotopic (exact) mass is 616 g/mol. The molecular formula is C35H43F3O4S. The van der Waals surface area contributed by atoms with Crippen LogP contribution in [0, 0.1) is 20.8 Å². The Labute approximate surface area is 254 Å². The Morgan fingerprint density at radius 3 is 2.16 bits per heavy atom. The number of halogens is 3.